The van der Waals surface area contributed by atoms with Crippen molar-refractivity contribution in [2.24, 2.45) is 0 Å². The van der Waals surface area contributed by atoms with Crippen LogP contribution in [0.25, 0.3) is 0 Å². The quantitative estimate of drug-likeness (QED) is 0.906. The average Bonchev–Trinajstić information content (AvgIpc) is 2.83. The minimum atomic E-state index is 0.637. The zero-order chi connectivity index (χ0) is 12.1. The highest BCUT2D eigenvalue weighted by molar-refractivity contribution is 9.10. The molecule has 17 heavy (non-hydrogen) atoms. The normalized spacial score (nSPS) is 10.5. The summed E-state index contributed by atoms with van der Waals surface area (Å²) in [7, 11) is 1.94. The van der Waals surface area contributed by atoms with E-state index in [0.29, 0.717) is 6.61 Å². The van der Waals surface area contributed by atoms with Crippen molar-refractivity contribution < 1.29 is 4.74 Å². The van der Waals surface area contributed by atoms with Crippen LogP contribution in [0, 0.1) is 0 Å². The van der Waals surface area contributed by atoms with Gasteiger partial charge in [0.05, 0.1) is 0 Å². The first-order chi connectivity index (χ1) is 8.29. The fourth-order valence-corrected chi connectivity index (χ4v) is 2.52. The van der Waals surface area contributed by atoms with Crippen molar-refractivity contribution in [3.63, 3.8) is 0 Å². The molecule has 0 saturated heterocycles. The molecule has 0 amide bonds. The van der Waals surface area contributed by atoms with Crippen molar-refractivity contribution in [2.75, 3.05) is 7.05 Å². The van der Waals surface area contributed by atoms with Crippen LogP contribution in [0.15, 0.2) is 40.2 Å². The van der Waals surface area contributed by atoms with Crippen LogP contribution in [-0.2, 0) is 13.2 Å². The number of hydrogen-bond donors (Lipinski definition) is 1. The van der Waals surface area contributed by atoms with Crippen LogP contribution in [0.3, 0.4) is 0 Å². The van der Waals surface area contributed by atoms with Crippen LogP contribution in [-0.4, -0.2) is 7.05 Å². The van der Waals surface area contributed by atoms with E-state index in [-0.39, 0.29) is 0 Å². The van der Waals surface area contributed by atoms with Gasteiger partial charge in [-0.3, -0.25) is 0 Å². The maximum atomic E-state index is 5.75. The Kier molecular flexibility index (Phi) is 4.59. The van der Waals surface area contributed by atoms with Crippen LogP contribution in [0.4, 0.5) is 0 Å². The largest absolute Gasteiger partial charge is 0.488 e. The first-order valence-electron chi connectivity index (χ1n) is 5.38. The van der Waals surface area contributed by atoms with Gasteiger partial charge in [-0.25, -0.2) is 0 Å². The summed E-state index contributed by atoms with van der Waals surface area (Å²) in [5.41, 5.74) is 1.20. The number of benzene rings is 1. The molecule has 1 aromatic carbocycles. The Bertz CT molecular complexity index is 470. The molecule has 1 aromatic heterocycles. The molecule has 0 aliphatic rings. The molecular formula is C13H14BrNOS. The summed E-state index contributed by atoms with van der Waals surface area (Å²) in [5.74, 6) is 0.909. The molecule has 0 spiro atoms. The van der Waals surface area contributed by atoms with E-state index in [9.17, 15) is 0 Å². The molecule has 0 aliphatic heterocycles. The van der Waals surface area contributed by atoms with Gasteiger partial charge in [0, 0.05) is 15.9 Å². The predicted octanol–water partition coefficient (Wildman–Crippen LogP) is 3.81. The maximum absolute atomic E-state index is 5.75. The van der Waals surface area contributed by atoms with Gasteiger partial charge in [-0.1, -0.05) is 22.0 Å². The fraction of sp³-hybridized carbons (Fsp3) is 0.231. The summed E-state index contributed by atoms with van der Waals surface area (Å²) in [6.07, 6.45) is 0. The monoisotopic (exact) mass is 311 g/mol. The van der Waals surface area contributed by atoms with Crippen LogP contribution < -0.4 is 10.1 Å². The lowest BCUT2D eigenvalue weighted by Gasteiger charge is -2.08. The Morgan fingerprint density at radius 2 is 2.24 bits per heavy atom. The van der Waals surface area contributed by atoms with Crippen molar-refractivity contribution in [1.29, 1.82) is 0 Å². The molecule has 0 radical (unpaired) electrons. The van der Waals surface area contributed by atoms with Gasteiger partial charge in [-0.15, -0.1) is 11.3 Å². The summed E-state index contributed by atoms with van der Waals surface area (Å²) in [4.78, 5) is 1.24. The molecule has 2 rings (SSSR count). The van der Waals surface area contributed by atoms with E-state index < -0.39 is 0 Å². The Balaban J connectivity index is 2.03. The molecule has 2 nitrogen and oxygen atoms in total. The molecular weight excluding hydrogens is 298 g/mol. The second-order valence-corrected chi connectivity index (χ2v) is 5.54. The first kappa shape index (κ1) is 12.6. The topological polar surface area (TPSA) is 21.3 Å². The van der Waals surface area contributed by atoms with E-state index in [2.05, 4.69) is 38.8 Å². The molecule has 4 heteroatoms. The zero-order valence-electron chi connectivity index (χ0n) is 9.57. The van der Waals surface area contributed by atoms with Gasteiger partial charge in [0.1, 0.15) is 12.4 Å². The van der Waals surface area contributed by atoms with Gasteiger partial charge >= 0.3 is 0 Å². The van der Waals surface area contributed by atoms with Crippen molar-refractivity contribution in [3.05, 3.63) is 50.6 Å². The smallest absolute Gasteiger partial charge is 0.122 e. The third-order valence-corrected chi connectivity index (χ3v) is 3.97. The Hall–Kier alpha value is -0.840. The average molecular weight is 312 g/mol. The fourth-order valence-electron chi connectivity index (χ4n) is 1.52. The first-order valence-corrected chi connectivity index (χ1v) is 7.05. The van der Waals surface area contributed by atoms with Gasteiger partial charge < -0.3 is 10.1 Å². The summed E-state index contributed by atoms with van der Waals surface area (Å²) >= 11 is 5.24. The number of halogens is 1. The van der Waals surface area contributed by atoms with Crippen molar-refractivity contribution in [2.45, 2.75) is 13.2 Å². The molecule has 90 valence electrons. The molecule has 0 bridgehead atoms. The number of hydrogen-bond acceptors (Lipinski definition) is 3. The molecule has 1 heterocycles. The van der Waals surface area contributed by atoms with E-state index in [4.69, 9.17) is 4.74 Å². The standard InChI is InChI=1S/C13H14BrNOS/c1-15-8-10-7-11(4-5-13(10)14)16-9-12-3-2-6-17-12/h2-7,15H,8-9H2,1H3. The Morgan fingerprint density at radius 1 is 1.35 bits per heavy atom. The highest BCUT2D eigenvalue weighted by Crippen LogP contribution is 2.23. The number of nitrogens with one attached hydrogen (secondary N) is 1. The predicted molar refractivity (Wildman–Crippen MR) is 75.6 cm³/mol. The molecule has 0 aliphatic carbocycles. The van der Waals surface area contributed by atoms with Crippen LogP contribution in [0.1, 0.15) is 10.4 Å². The van der Waals surface area contributed by atoms with E-state index in [0.717, 1.165) is 16.8 Å². The van der Waals surface area contributed by atoms with Gasteiger partial charge in [0.25, 0.3) is 0 Å². The highest BCUT2D eigenvalue weighted by atomic mass is 79.9. The minimum absolute atomic E-state index is 0.637. The lowest BCUT2D eigenvalue weighted by molar-refractivity contribution is 0.309. The minimum Gasteiger partial charge on any atom is -0.488 e. The lowest BCUT2D eigenvalue weighted by Crippen LogP contribution is -2.06. The van der Waals surface area contributed by atoms with Crippen LogP contribution >= 0.6 is 27.3 Å². The van der Waals surface area contributed by atoms with E-state index in [1.807, 2.05) is 25.2 Å². The third-order valence-electron chi connectivity index (χ3n) is 2.35. The van der Waals surface area contributed by atoms with Gasteiger partial charge in [-0.2, -0.15) is 0 Å². The third kappa shape index (κ3) is 3.56. The molecule has 0 fully saturated rings. The van der Waals surface area contributed by atoms with Gasteiger partial charge in [-0.05, 0) is 42.3 Å². The van der Waals surface area contributed by atoms with Crippen molar-refractivity contribution in [3.8, 4) is 5.75 Å². The van der Waals surface area contributed by atoms with Crippen LogP contribution in [0.2, 0.25) is 0 Å². The lowest BCUT2D eigenvalue weighted by atomic mass is 10.2. The second kappa shape index (κ2) is 6.19. The van der Waals surface area contributed by atoms with Crippen LogP contribution in [0.5, 0.6) is 5.75 Å². The van der Waals surface area contributed by atoms with E-state index in [1.165, 1.54) is 10.4 Å². The Labute approximate surface area is 114 Å². The van der Waals surface area contributed by atoms with E-state index >= 15 is 0 Å². The van der Waals surface area contributed by atoms with Crippen molar-refractivity contribution >= 4 is 27.3 Å². The molecule has 0 unspecified atom stereocenters. The Morgan fingerprint density at radius 3 is 2.94 bits per heavy atom. The van der Waals surface area contributed by atoms with Crippen molar-refractivity contribution in [1.82, 2.24) is 5.32 Å². The summed E-state index contributed by atoms with van der Waals surface area (Å²) in [5, 5.41) is 5.20. The number of rotatable bonds is 5. The van der Waals surface area contributed by atoms with Gasteiger partial charge in [0.2, 0.25) is 0 Å². The molecule has 2 aromatic rings. The summed E-state index contributed by atoms with van der Waals surface area (Å²) < 4.78 is 6.86. The summed E-state index contributed by atoms with van der Waals surface area (Å²) in [6, 6.07) is 10.2. The SMILES string of the molecule is CNCc1cc(OCc2cccs2)ccc1Br. The maximum Gasteiger partial charge on any atom is 0.122 e. The second-order valence-electron chi connectivity index (χ2n) is 3.65. The number of thiophene rings is 1. The molecule has 1 N–H and O–H groups in total. The zero-order valence-corrected chi connectivity index (χ0v) is 12.0. The highest BCUT2D eigenvalue weighted by Gasteiger charge is 2.02. The van der Waals surface area contributed by atoms with Gasteiger partial charge in [0.15, 0.2) is 0 Å². The number of ether oxygens (including phenoxy) is 1. The molecule has 0 atom stereocenters. The van der Waals surface area contributed by atoms with E-state index in [1.54, 1.807) is 11.3 Å². The molecule has 0 saturated carbocycles. The summed E-state index contributed by atoms with van der Waals surface area (Å²) in [6.45, 7) is 1.47.